The van der Waals surface area contributed by atoms with Gasteiger partial charge in [0.15, 0.2) is 0 Å². The van der Waals surface area contributed by atoms with E-state index in [4.69, 9.17) is 9.84 Å². The number of ether oxygens (including phenoxy) is 1. The molecule has 0 saturated heterocycles. The van der Waals surface area contributed by atoms with Gasteiger partial charge in [0.2, 0.25) is 11.8 Å². The van der Waals surface area contributed by atoms with Gasteiger partial charge < -0.3 is 20.1 Å². The molecule has 144 valence electrons. The van der Waals surface area contributed by atoms with Crippen LogP contribution in [-0.2, 0) is 23.9 Å². The largest absolute Gasteiger partial charge is 0.480 e. The lowest BCUT2D eigenvalue weighted by Gasteiger charge is -2.38. The molecule has 0 aromatic rings. The van der Waals surface area contributed by atoms with Gasteiger partial charge >= 0.3 is 11.9 Å². The standard InChI is InChI=1S/C18H26N2O6/c1-5-26-18(25)13-7-6-8-14(9-13)20(12(4)21)16(11(2)3)17(24)19-10-15(22)23/h6-7,9,11,14,16H,5,8,10H2,1-4H3,(H,19,24)(H,22,23)/t14-,16?/m1/s1. The lowest BCUT2D eigenvalue weighted by atomic mass is 9.95. The molecule has 0 aromatic carbocycles. The van der Waals surface area contributed by atoms with Gasteiger partial charge in [0.05, 0.1) is 18.2 Å². The van der Waals surface area contributed by atoms with Crippen LogP contribution in [0.15, 0.2) is 23.8 Å². The molecule has 2 amide bonds. The third kappa shape index (κ3) is 5.72. The second-order valence-electron chi connectivity index (χ2n) is 6.27. The Balaban J connectivity index is 3.12. The van der Waals surface area contributed by atoms with Crippen molar-refractivity contribution in [2.75, 3.05) is 13.2 Å². The molecule has 0 saturated carbocycles. The zero-order chi connectivity index (χ0) is 19.9. The summed E-state index contributed by atoms with van der Waals surface area (Å²) in [5.41, 5.74) is 0.322. The summed E-state index contributed by atoms with van der Waals surface area (Å²) in [6.45, 7) is 6.30. The predicted molar refractivity (Wildman–Crippen MR) is 94.1 cm³/mol. The van der Waals surface area contributed by atoms with Gasteiger partial charge in [-0.05, 0) is 25.3 Å². The Morgan fingerprint density at radius 2 is 2.00 bits per heavy atom. The van der Waals surface area contributed by atoms with Crippen LogP contribution in [0.2, 0.25) is 0 Å². The van der Waals surface area contributed by atoms with Crippen molar-refractivity contribution in [3.8, 4) is 0 Å². The third-order valence-corrected chi connectivity index (χ3v) is 3.89. The lowest BCUT2D eigenvalue weighted by molar-refractivity contribution is -0.144. The maximum Gasteiger partial charge on any atom is 0.337 e. The number of hydrogen-bond donors (Lipinski definition) is 2. The summed E-state index contributed by atoms with van der Waals surface area (Å²) in [7, 11) is 0. The number of esters is 1. The van der Waals surface area contributed by atoms with Gasteiger partial charge in [-0.25, -0.2) is 4.79 Å². The van der Waals surface area contributed by atoms with E-state index < -0.39 is 36.5 Å². The van der Waals surface area contributed by atoms with E-state index >= 15 is 0 Å². The van der Waals surface area contributed by atoms with Crippen molar-refractivity contribution in [3.63, 3.8) is 0 Å². The molecule has 0 aliphatic heterocycles. The minimum absolute atomic E-state index is 0.233. The number of nitrogens with zero attached hydrogens (tertiary/aromatic N) is 1. The van der Waals surface area contributed by atoms with Crippen LogP contribution in [0.3, 0.4) is 0 Å². The molecule has 26 heavy (non-hydrogen) atoms. The first-order chi connectivity index (χ1) is 12.2. The number of carbonyl (C=O) groups is 4. The van der Waals surface area contributed by atoms with Crippen LogP contribution in [0.25, 0.3) is 0 Å². The van der Waals surface area contributed by atoms with E-state index in [9.17, 15) is 19.2 Å². The Hall–Kier alpha value is -2.64. The molecule has 0 spiro atoms. The third-order valence-electron chi connectivity index (χ3n) is 3.89. The molecular formula is C18H26N2O6. The Morgan fingerprint density at radius 3 is 2.50 bits per heavy atom. The molecule has 1 aliphatic rings. The molecular weight excluding hydrogens is 340 g/mol. The number of carboxylic acid groups (broad SMARTS) is 1. The fourth-order valence-electron chi connectivity index (χ4n) is 2.86. The van der Waals surface area contributed by atoms with Crippen molar-refractivity contribution in [2.24, 2.45) is 5.92 Å². The molecule has 0 heterocycles. The molecule has 0 radical (unpaired) electrons. The quantitative estimate of drug-likeness (QED) is 0.617. The Labute approximate surface area is 152 Å². The molecule has 1 rings (SSSR count). The number of rotatable bonds is 8. The fourth-order valence-corrected chi connectivity index (χ4v) is 2.86. The fraction of sp³-hybridized carbons (Fsp3) is 0.556. The van der Waals surface area contributed by atoms with Gasteiger partial charge in [-0.1, -0.05) is 26.0 Å². The summed E-state index contributed by atoms with van der Waals surface area (Å²) in [4.78, 5) is 48.9. The van der Waals surface area contributed by atoms with E-state index in [-0.39, 0.29) is 18.4 Å². The van der Waals surface area contributed by atoms with E-state index in [2.05, 4.69) is 5.32 Å². The van der Waals surface area contributed by atoms with Gasteiger partial charge in [0.1, 0.15) is 12.6 Å². The number of hydrogen-bond acceptors (Lipinski definition) is 5. The first-order valence-electron chi connectivity index (χ1n) is 8.52. The topological polar surface area (TPSA) is 113 Å². The lowest BCUT2D eigenvalue weighted by Crippen LogP contribution is -2.56. The van der Waals surface area contributed by atoms with Crippen molar-refractivity contribution in [1.29, 1.82) is 0 Å². The van der Waals surface area contributed by atoms with Gasteiger partial charge in [0.25, 0.3) is 0 Å². The first-order valence-corrected chi connectivity index (χ1v) is 8.52. The summed E-state index contributed by atoms with van der Waals surface area (Å²) >= 11 is 0. The average molecular weight is 366 g/mol. The second-order valence-corrected chi connectivity index (χ2v) is 6.27. The highest BCUT2D eigenvalue weighted by atomic mass is 16.5. The van der Waals surface area contributed by atoms with Crippen LogP contribution in [0.5, 0.6) is 0 Å². The van der Waals surface area contributed by atoms with Crippen molar-refractivity contribution in [2.45, 2.75) is 46.2 Å². The minimum Gasteiger partial charge on any atom is -0.480 e. The Bertz CT molecular complexity index is 623. The Kier molecular flexibility index (Phi) is 8.02. The van der Waals surface area contributed by atoms with E-state index in [0.29, 0.717) is 12.0 Å². The number of amides is 2. The van der Waals surface area contributed by atoms with Crippen molar-refractivity contribution in [3.05, 3.63) is 23.8 Å². The summed E-state index contributed by atoms with van der Waals surface area (Å²) in [5, 5.41) is 11.1. The van der Waals surface area contributed by atoms with E-state index in [1.54, 1.807) is 39.0 Å². The van der Waals surface area contributed by atoms with Crippen LogP contribution >= 0.6 is 0 Å². The normalized spacial score (nSPS) is 17.3. The van der Waals surface area contributed by atoms with Crippen LogP contribution in [0.4, 0.5) is 0 Å². The molecule has 0 aromatic heterocycles. The predicted octanol–water partition coefficient (Wildman–Crippen LogP) is 0.878. The SMILES string of the molecule is CCOC(=O)C1=C[C@H](N(C(C)=O)C(C(=O)NCC(=O)O)C(C)C)CC=C1. The van der Waals surface area contributed by atoms with Crippen LogP contribution in [-0.4, -0.2) is 59.0 Å². The molecule has 2 atom stereocenters. The molecule has 1 unspecified atom stereocenters. The molecule has 8 heteroatoms. The van der Waals surface area contributed by atoms with Crippen LogP contribution in [0, 0.1) is 5.92 Å². The zero-order valence-corrected chi connectivity index (χ0v) is 15.5. The van der Waals surface area contributed by atoms with E-state index in [1.807, 2.05) is 0 Å². The second kappa shape index (κ2) is 9.74. The first kappa shape index (κ1) is 21.4. The molecule has 2 N–H and O–H groups in total. The highest BCUT2D eigenvalue weighted by Gasteiger charge is 2.35. The van der Waals surface area contributed by atoms with Crippen molar-refractivity contribution >= 4 is 23.8 Å². The maximum absolute atomic E-state index is 12.5. The smallest absolute Gasteiger partial charge is 0.337 e. The van der Waals surface area contributed by atoms with Crippen LogP contribution in [0.1, 0.15) is 34.1 Å². The maximum atomic E-state index is 12.5. The average Bonchev–Trinajstić information content (AvgIpc) is 2.57. The number of nitrogens with one attached hydrogen (secondary N) is 1. The van der Waals surface area contributed by atoms with Gasteiger partial charge in [-0.3, -0.25) is 14.4 Å². The molecule has 8 nitrogen and oxygen atoms in total. The highest BCUT2D eigenvalue weighted by Crippen LogP contribution is 2.23. The summed E-state index contributed by atoms with van der Waals surface area (Å²) in [6.07, 6.45) is 5.43. The number of carboxylic acids is 1. The minimum atomic E-state index is -1.17. The number of carbonyl (C=O) groups excluding carboxylic acids is 3. The van der Waals surface area contributed by atoms with Crippen molar-refractivity contribution < 1.29 is 29.0 Å². The molecule has 1 aliphatic carbocycles. The monoisotopic (exact) mass is 366 g/mol. The summed E-state index contributed by atoms with van der Waals surface area (Å²) < 4.78 is 4.98. The highest BCUT2D eigenvalue weighted by molar-refractivity contribution is 5.93. The van der Waals surface area contributed by atoms with Crippen LogP contribution < -0.4 is 5.32 Å². The summed E-state index contributed by atoms with van der Waals surface area (Å²) in [6, 6.07) is -1.36. The van der Waals surface area contributed by atoms with Gasteiger partial charge in [0, 0.05) is 6.92 Å². The summed E-state index contributed by atoms with van der Waals surface area (Å²) in [5.74, 6) is -2.79. The zero-order valence-electron chi connectivity index (χ0n) is 15.5. The molecule has 0 fully saturated rings. The van der Waals surface area contributed by atoms with E-state index in [0.717, 1.165) is 0 Å². The number of aliphatic carboxylic acids is 1. The van der Waals surface area contributed by atoms with Crippen molar-refractivity contribution in [1.82, 2.24) is 10.2 Å². The van der Waals surface area contributed by atoms with Gasteiger partial charge in [-0.2, -0.15) is 0 Å². The van der Waals surface area contributed by atoms with Gasteiger partial charge in [-0.15, -0.1) is 0 Å². The molecule has 0 bridgehead atoms. The Morgan fingerprint density at radius 1 is 1.35 bits per heavy atom. The van der Waals surface area contributed by atoms with E-state index in [1.165, 1.54) is 11.8 Å².